The van der Waals surface area contributed by atoms with Gasteiger partial charge in [0.05, 0.1) is 22.9 Å². The topological polar surface area (TPSA) is 79.7 Å². The van der Waals surface area contributed by atoms with Crippen molar-refractivity contribution < 1.29 is 19.4 Å². The van der Waals surface area contributed by atoms with Crippen molar-refractivity contribution in [1.82, 2.24) is 4.98 Å². The number of aliphatic hydroxyl groups excluding tert-OH is 1. The number of rotatable bonds is 4. The summed E-state index contributed by atoms with van der Waals surface area (Å²) in [6.07, 6.45) is 0. The molecule has 3 aromatic carbocycles. The molecule has 1 fully saturated rings. The van der Waals surface area contributed by atoms with Gasteiger partial charge in [-0.05, 0) is 61.4 Å². The molecule has 1 aliphatic rings. The van der Waals surface area contributed by atoms with E-state index in [1.807, 2.05) is 26.0 Å². The minimum absolute atomic E-state index is 0.0334. The van der Waals surface area contributed by atoms with Gasteiger partial charge in [-0.1, -0.05) is 47.2 Å². The Morgan fingerprint density at radius 3 is 2.51 bits per heavy atom. The molecule has 0 bridgehead atoms. The van der Waals surface area contributed by atoms with Crippen LogP contribution in [0, 0.1) is 13.8 Å². The molecule has 1 aromatic heterocycles. The van der Waals surface area contributed by atoms with Gasteiger partial charge in [0.2, 0.25) is 0 Å². The quantitative estimate of drug-likeness (QED) is 0.203. The molecule has 1 atom stereocenters. The van der Waals surface area contributed by atoms with Crippen LogP contribution in [0.15, 0.2) is 66.2 Å². The van der Waals surface area contributed by atoms with Crippen molar-refractivity contribution in [1.29, 1.82) is 0 Å². The molecule has 0 aliphatic carbocycles. The molecule has 8 heteroatoms. The molecule has 4 aromatic rings. The Labute approximate surface area is 211 Å². The predicted octanol–water partition coefficient (Wildman–Crippen LogP) is 6.20. The second kappa shape index (κ2) is 8.83. The Morgan fingerprint density at radius 1 is 1.09 bits per heavy atom. The molecule has 6 nitrogen and oxygen atoms in total. The average Bonchev–Trinajstić information content (AvgIpc) is 3.37. The maximum Gasteiger partial charge on any atom is 0.301 e. The standard InChI is InChI=1S/C27H21ClN2O4S/c1-14-12-15(2)22-20(13-14)35-27(29-22)30-23(18-6-4-5-7-19(18)34-3)21(25(32)26(30)33)24(31)16-8-10-17(28)11-9-16/h4-13,23,31H,1-3H3/b24-21+. The molecule has 1 amide bonds. The molecular formula is C27H21ClN2O4S. The fourth-order valence-electron chi connectivity index (χ4n) is 4.44. The number of aryl methyl sites for hydroxylation is 2. The van der Waals surface area contributed by atoms with Gasteiger partial charge in [-0.15, -0.1) is 0 Å². The van der Waals surface area contributed by atoms with Crippen LogP contribution < -0.4 is 9.64 Å². The Bertz CT molecular complexity index is 1520. The van der Waals surface area contributed by atoms with E-state index in [4.69, 9.17) is 21.3 Å². The molecule has 1 aliphatic heterocycles. The number of carbonyl (C=O) groups is 2. The number of aromatic nitrogens is 1. The smallest absolute Gasteiger partial charge is 0.301 e. The van der Waals surface area contributed by atoms with Crippen LogP contribution in [0.2, 0.25) is 5.02 Å². The number of fused-ring (bicyclic) bond motifs is 1. The van der Waals surface area contributed by atoms with E-state index in [1.54, 1.807) is 48.5 Å². The maximum atomic E-state index is 13.5. The summed E-state index contributed by atoms with van der Waals surface area (Å²) in [7, 11) is 1.52. The van der Waals surface area contributed by atoms with Crippen LogP contribution in [0.4, 0.5) is 5.13 Å². The van der Waals surface area contributed by atoms with E-state index in [0.717, 1.165) is 21.3 Å². The number of thiazole rings is 1. The van der Waals surface area contributed by atoms with E-state index in [9.17, 15) is 14.7 Å². The van der Waals surface area contributed by atoms with E-state index in [1.165, 1.54) is 23.3 Å². The first-order chi connectivity index (χ1) is 16.8. The van der Waals surface area contributed by atoms with Crippen LogP contribution in [-0.2, 0) is 9.59 Å². The SMILES string of the molecule is COc1ccccc1C1/C(=C(\O)c2ccc(Cl)cc2)C(=O)C(=O)N1c1nc2c(C)cc(C)cc2s1. The lowest BCUT2D eigenvalue weighted by Crippen LogP contribution is -2.29. The van der Waals surface area contributed by atoms with E-state index in [-0.39, 0.29) is 11.3 Å². The highest BCUT2D eigenvalue weighted by Crippen LogP contribution is 2.46. The number of amides is 1. The molecule has 2 heterocycles. The number of benzene rings is 3. The van der Waals surface area contributed by atoms with Crippen LogP contribution in [-0.4, -0.2) is 28.9 Å². The first kappa shape index (κ1) is 23.1. The van der Waals surface area contributed by atoms with Crippen molar-refractivity contribution in [3.8, 4) is 5.75 Å². The fraction of sp³-hybridized carbons (Fsp3) is 0.148. The van der Waals surface area contributed by atoms with Crippen molar-refractivity contribution >= 4 is 55.7 Å². The maximum absolute atomic E-state index is 13.5. The lowest BCUT2D eigenvalue weighted by molar-refractivity contribution is -0.132. The zero-order valence-corrected chi connectivity index (χ0v) is 20.8. The van der Waals surface area contributed by atoms with Gasteiger partial charge >= 0.3 is 5.91 Å². The summed E-state index contributed by atoms with van der Waals surface area (Å²) in [5.41, 5.74) is 3.74. The highest BCUT2D eigenvalue weighted by Gasteiger charge is 2.49. The molecule has 0 radical (unpaired) electrons. The molecule has 1 N–H and O–H groups in total. The van der Waals surface area contributed by atoms with Crippen molar-refractivity contribution in [2.75, 3.05) is 12.0 Å². The van der Waals surface area contributed by atoms with E-state index < -0.39 is 17.7 Å². The van der Waals surface area contributed by atoms with Crippen LogP contribution in [0.5, 0.6) is 5.75 Å². The number of ether oxygens (including phenoxy) is 1. The minimum Gasteiger partial charge on any atom is -0.507 e. The van der Waals surface area contributed by atoms with Crippen molar-refractivity contribution in [2.45, 2.75) is 19.9 Å². The Balaban J connectivity index is 1.77. The first-order valence-corrected chi connectivity index (χ1v) is 12.1. The monoisotopic (exact) mass is 504 g/mol. The second-order valence-electron chi connectivity index (χ2n) is 8.34. The van der Waals surface area contributed by atoms with Crippen LogP contribution in [0.1, 0.15) is 28.3 Å². The molecule has 0 saturated carbocycles. The number of Topliss-reactive ketones (excluding diaryl/α,β-unsaturated/α-hetero) is 1. The number of halogens is 1. The summed E-state index contributed by atoms with van der Waals surface area (Å²) in [6, 6.07) is 16.7. The molecule has 1 saturated heterocycles. The molecular weight excluding hydrogens is 484 g/mol. The summed E-state index contributed by atoms with van der Waals surface area (Å²) >= 11 is 7.34. The molecule has 5 rings (SSSR count). The third-order valence-corrected chi connectivity index (χ3v) is 7.27. The summed E-state index contributed by atoms with van der Waals surface area (Å²) < 4.78 is 6.48. The van der Waals surface area contributed by atoms with E-state index >= 15 is 0 Å². The Kier molecular flexibility index (Phi) is 5.83. The summed E-state index contributed by atoms with van der Waals surface area (Å²) in [5.74, 6) is -1.35. The zero-order chi connectivity index (χ0) is 24.9. The van der Waals surface area contributed by atoms with Crippen LogP contribution in [0.3, 0.4) is 0 Å². The van der Waals surface area contributed by atoms with Crippen molar-refractivity contribution in [3.05, 3.63) is 93.5 Å². The normalized spacial score (nSPS) is 17.4. The number of carbonyl (C=O) groups excluding carboxylic acids is 2. The first-order valence-electron chi connectivity index (χ1n) is 10.9. The summed E-state index contributed by atoms with van der Waals surface area (Å²) in [6.45, 7) is 3.96. The number of nitrogens with zero attached hydrogens (tertiary/aromatic N) is 2. The number of anilines is 1. The van der Waals surface area contributed by atoms with Crippen LogP contribution in [0.25, 0.3) is 16.0 Å². The van der Waals surface area contributed by atoms with Gasteiger partial charge < -0.3 is 9.84 Å². The number of hydrogen-bond acceptors (Lipinski definition) is 6. The number of ketones is 1. The average molecular weight is 505 g/mol. The van der Waals surface area contributed by atoms with Crippen molar-refractivity contribution in [3.63, 3.8) is 0 Å². The molecule has 35 heavy (non-hydrogen) atoms. The fourth-order valence-corrected chi connectivity index (χ4v) is 5.74. The summed E-state index contributed by atoms with van der Waals surface area (Å²) in [4.78, 5) is 32.9. The zero-order valence-electron chi connectivity index (χ0n) is 19.2. The van der Waals surface area contributed by atoms with E-state index in [2.05, 4.69) is 0 Å². The van der Waals surface area contributed by atoms with Crippen molar-refractivity contribution in [2.24, 2.45) is 0 Å². The molecule has 0 spiro atoms. The summed E-state index contributed by atoms with van der Waals surface area (Å²) in [5, 5.41) is 12.1. The second-order valence-corrected chi connectivity index (χ2v) is 9.79. The van der Waals surface area contributed by atoms with Gasteiger partial charge in [-0.25, -0.2) is 4.98 Å². The molecule has 1 unspecified atom stereocenters. The minimum atomic E-state index is -0.927. The number of hydrogen-bond donors (Lipinski definition) is 1. The molecule has 176 valence electrons. The van der Waals surface area contributed by atoms with Gasteiger partial charge in [0.25, 0.3) is 5.78 Å². The predicted molar refractivity (Wildman–Crippen MR) is 138 cm³/mol. The highest BCUT2D eigenvalue weighted by molar-refractivity contribution is 7.22. The Morgan fingerprint density at radius 2 is 1.80 bits per heavy atom. The lowest BCUT2D eigenvalue weighted by atomic mass is 9.95. The Hall–Kier alpha value is -3.68. The number of methoxy groups -OCH3 is 1. The van der Waals surface area contributed by atoms with E-state index in [0.29, 0.717) is 27.0 Å². The largest absolute Gasteiger partial charge is 0.507 e. The van der Waals surface area contributed by atoms with Crippen LogP contribution >= 0.6 is 22.9 Å². The van der Waals surface area contributed by atoms with Gasteiger partial charge in [0.1, 0.15) is 17.6 Å². The highest BCUT2D eigenvalue weighted by atomic mass is 35.5. The van der Waals surface area contributed by atoms with Gasteiger partial charge in [0.15, 0.2) is 5.13 Å². The van der Waals surface area contributed by atoms with Gasteiger partial charge in [-0.2, -0.15) is 0 Å². The third-order valence-electron chi connectivity index (χ3n) is 6.02. The van der Waals surface area contributed by atoms with Gasteiger partial charge in [-0.3, -0.25) is 14.5 Å². The number of aliphatic hydroxyl groups is 1. The lowest BCUT2D eigenvalue weighted by Gasteiger charge is -2.24. The number of para-hydroxylation sites is 1. The van der Waals surface area contributed by atoms with Gasteiger partial charge in [0, 0.05) is 16.1 Å². The third kappa shape index (κ3) is 3.87.